The van der Waals surface area contributed by atoms with Crippen LogP contribution in [-0.4, -0.2) is 11.5 Å². The second-order valence-corrected chi connectivity index (χ2v) is 6.12. The molecule has 5 heteroatoms. The van der Waals surface area contributed by atoms with Crippen LogP contribution >= 0.6 is 0 Å². The Morgan fingerprint density at radius 1 is 1.19 bits per heavy atom. The summed E-state index contributed by atoms with van der Waals surface area (Å²) < 4.78 is 19.6. The predicted molar refractivity (Wildman–Crippen MR) is 103 cm³/mol. The highest BCUT2D eigenvalue weighted by Crippen LogP contribution is 2.27. The van der Waals surface area contributed by atoms with Crippen molar-refractivity contribution in [2.45, 2.75) is 33.2 Å². The Hall–Kier alpha value is -3.13. The Labute approximate surface area is 158 Å². The van der Waals surface area contributed by atoms with E-state index in [1.165, 1.54) is 12.1 Å². The highest BCUT2D eigenvalue weighted by Gasteiger charge is 2.23. The van der Waals surface area contributed by atoms with Crippen molar-refractivity contribution in [3.63, 3.8) is 0 Å². The molecule has 1 aliphatic heterocycles. The first-order valence-corrected chi connectivity index (χ1v) is 9.18. The largest absolute Gasteiger partial charge is 0.445 e. The first-order valence-electron chi connectivity index (χ1n) is 9.18. The number of hydrogen-bond donors (Lipinski definition) is 0. The first-order chi connectivity index (χ1) is 13.2. The highest BCUT2D eigenvalue weighted by atomic mass is 19.1. The number of rotatable bonds is 3. The summed E-state index contributed by atoms with van der Waals surface area (Å²) in [6, 6.07) is 16.5. The van der Waals surface area contributed by atoms with Crippen LogP contribution in [0.5, 0.6) is 0 Å². The number of anilines is 1. The summed E-state index contributed by atoms with van der Waals surface area (Å²) in [4.78, 5) is 6.65. The van der Waals surface area contributed by atoms with E-state index in [-0.39, 0.29) is 0 Å². The minimum absolute atomic E-state index is 0.325. The van der Waals surface area contributed by atoms with Gasteiger partial charge >= 0.3 is 0 Å². The number of hydrogen-bond acceptors (Lipinski definition) is 4. The molecule has 3 aromatic rings. The third-order valence-corrected chi connectivity index (χ3v) is 4.35. The van der Waals surface area contributed by atoms with Crippen LogP contribution in [0.2, 0.25) is 0 Å². The van der Waals surface area contributed by atoms with Crippen LogP contribution in [0.25, 0.3) is 0 Å². The fourth-order valence-electron chi connectivity index (χ4n) is 3.14. The van der Waals surface area contributed by atoms with Crippen LogP contribution in [0.15, 0.2) is 52.9 Å². The molecule has 1 aromatic heterocycles. The van der Waals surface area contributed by atoms with Gasteiger partial charge in [0, 0.05) is 25.1 Å². The normalized spacial score (nSPS) is 12.6. The molecular formula is C22H22FN3O. The summed E-state index contributed by atoms with van der Waals surface area (Å²) in [6.45, 7) is 5.27. The zero-order chi connectivity index (χ0) is 19.2. The van der Waals surface area contributed by atoms with E-state index in [1.54, 1.807) is 6.07 Å². The SMILES string of the molecule is CC.N#Cc1cc(F)cc(N2CCc3oc(Cc4ccccc4)nc3C2)c1. The zero-order valence-corrected chi connectivity index (χ0v) is 15.6. The van der Waals surface area contributed by atoms with Crippen molar-refractivity contribution >= 4 is 5.69 Å². The molecule has 0 fully saturated rings. The maximum Gasteiger partial charge on any atom is 0.199 e. The van der Waals surface area contributed by atoms with Gasteiger partial charge in [-0.15, -0.1) is 0 Å². The Bertz CT molecular complexity index is 944. The lowest BCUT2D eigenvalue weighted by Crippen LogP contribution is -2.30. The number of benzene rings is 2. The maximum atomic E-state index is 13.7. The van der Waals surface area contributed by atoms with Crippen LogP contribution in [-0.2, 0) is 19.4 Å². The molecule has 4 rings (SSSR count). The lowest BCUT2D eigenvalue weighted by Gasteiger charge is -2.27. The maximum absolute atomic E-state index is 13.7. The average Bonchev–Trinajstić information content (AvgIpc) is 3.11. The van der Waals surface area contributed by atoms with Gasteiger partial charge in [-0.25, -0.2) is 9.37 Å². The van der Waals surface area contributed by atoms with Crippen molar-refractivity contribution in [3.8, 4) is 6.07 Å². The molecule has 2 heterocycles. The van der Waals surface area contributed by atoms with Crippen molar-refractivity contribution in [2.24, 2.45) is 0 Å². The quantitative estimate of drug-likeness (QED) is 0.666. The van der Waals surface area contributed by atoms with Crippen molar-refractivity contribution in [1.82, 2.24) is 4.98 Å². The van der Waals surface area contributed by atoms with Gasteiger partial charge in [0.2, 0.25) is 0 Å². The van der Waals surface area contributed by atoms with Gasteiger partial charge in [0.05, 0.1) is 18.2 Å². The molecule has 4 nitrogen and oxygen atoms in total. The molecule has 0 saturated heterocycles. The number of oxazole rings is 1. The molecule has 0 aliphatic carbocycles. The number of nitriles is 1. The Balaban J connectivity index is 0.00000102. The van der Waals surface area contributed by atoms with Gasteiger partial charge in [-0.2, -0.15) is 5.26 Å². The first kappa shape index (κ1) is 18.7. The van der Waals surface area contributed by atoms with Crippen LogP contribution in [0.1, 0.15) is 42.3 Å². The summed E-state index contributed by atoms with van der Waals surface area (Å²) in [5, 5.41) is 9.02. The molecule has 0 N–H and O–H groups in total. The monoisotopic (exact) mass is 363 g/mol. The molecule has 0 radical (unpaired) electrons. The van der Waals surface area contributed by atoms with Crippen molar-refractivity contribution < 1.29 is 8.81 Å². The second-order valence-electron chi connectivity index (χ2n) is 6.12. The Morgan fingerprint density at radius 2 is 1.96 bits per heavy atom. The predicted octanol–water partition coefficient (Wildman–Crippen LogP) is 4.87. The van der Waals surface area contributed by atoms with E-state index in [2.05, 4.69) is 4.98 Å². The van der Waals surface area contributed by atoms with E-state index in [0.29, 0.717) is 36.7 Å². The Morgan fingerprint density at radius 3 is 2.70 bits per heavy atom. The van der Waals surface area contributed by atoms with Gasteiger partial charge < -0.3 is 9.32 Å². The smallest absolute Gasteiger partial charge is 0.199 e. The molecule has 1 aliphatic rings. The highest BCUT2D eigenvalue weighted by molar-refractivity contribution is 5.53. The summed E-state index contributed by atoms with van der Waals surface area (Å²) in [5.74, 6) is 1.21. The molecule has 0 saturated carbocycles. The number of nitrogens with zero attached hydrogens (tertiary/aromatic N) is 3. The van der Waals surface area contributed by atoms with Crippen LogP contribution < -0.4 is 4.90 Å². The molecule has 0 atom stereocenters. The lowest BCUT2D eigenvalue weighted by atomic mass is 10.1. The summed E-state index contributed by atoms with van der Waals surface area (Å²) in [6.07, 6.45) is 1.38. The molecule has 0 bridgehead atoms. The summed E-state index contributed by atoms with van der Waals surface area (Å²) in [5.41, 5.74) is 3.07. The fraction of sp³-hybridized carbons (Fsp3) is 0.273. The van der Waals surface area contributed by atoms with Gasteiger partial charge in [-0.05, 0) is 23.8 Å². The molecule has 2 aromatic carbocycles. The minimum atomic E-state index is -0.398. The molecular weight excluding hydrogens is 341 g/mol. The topological polar surface area (TPSA) is 53.1 Å². The van der Waals surface area contributed by atoms with Crippen molar-refractivity contribution in [2.75, 3.05) is 11.4 Å². The molecule has 138 valence electrons. The minimum Gasteiger partial charge on any atom is -0.445 e. The molecule has 0 amide bonds. The van der Waals surface area contributed by atoms with Crippen molar-refractivity contribution in [3.05, 3.63) is 82.8 Å². The summed E-state index contributed by atoms with van der Waals surface area (Å²) >= 11 is 0. The van der Waals surface area contributed by atoms with Crippen LogP contribution in [0, 0.1) is 17.1 Å². The van der Waals surface area contributed by atoms with Crippen LogP contribution in [0.3, 0.4) is 0 Å². The van der Waals surface area contributed by atoms with Gasteiger partial charge in [0.1, 0.15) is 17.3 Å². The average molecular weight is 363 g/mol. The van der Waals surface area contributed by atoms with E-state index in [9.17, 15) is 4.39 Å². The van der Waals surface area contributed by atoms with Gasteiger partial charge in [-0.1, -0.05) is 44.2 Å². The fourth-order valence-corrected chi connectivity index (χ4v) is 3.14. The van der Waals surface area contributed by atoms with E-state index in [0.717, 1.165) is 23.4 Å². The number of aromatic nitrogens is 1. The van der Waals surface area contributed by atoms with Crippen LogP contribution in [0.4, 0.5) is 10.1 Å². The third-order valence-electron chi connectivity index (χ3n) is 4.35. The van der Waals surface area contributed by atoms with Gasteiger partial charge in [0.15, 0.2) is 5.89 Å². The third kappa shape index (κ3) is 4.35. The summed E-state index contributed by atoms with van der Waals surface area (Å²) in [7, 11) is 0. The molecule has 0 spiro atoms. The second kappa shape index (κ2) is 8.50. The van der Waals surface area contributed by atoms with E-state index < -0.39 is 5.82 Å². The molecule has 0 unspecified atom stereocenters. The van der Waals surface area contributed by atoms with E-state index >= 15 is 0 Å². The van der Waals surface area contributed by atoms with Crippen molar-refractivity contribution in [1.29, 1.82) is 5.26 Å². The number of fused-ring (bicyclic) bond motifs is 1. The van der Waals surface area contributed by atoms with E-state index in [1.807, 2.05) is 55.1 Å². The number of halogens is 1. The van der Waals surface area contributed by atoms with E-state index in [4.69, 9.17) is 9.68 Å². The van der Waals surface area contributed by atoms with Gasteiger partial charge in [-0.3, -0.25) is 0 Å². The van der Waals surface area contributed by atoms with Gasteiger partial charge in [0.25, 0.3) is 0 Å². The lowest BCUT2D eigenvalue weighted by molar-refractivity contribution is 0.454. The zero-order valence-electron chi connectivity index (χ0n) is 15.6. The standard InChI is InChI=1S/C20H16FN3O.C2H6/c21-16-8-15(12-22)9-17(11-16)24-7-6-19-18(13-24)23-20(25-19)10-14-4-2-1-3-5-14;1-2/h1-5,8-9,11H,6-7,10,13H2;1-2H3. The Kier molecular flexibility index (Phi) is 5.87. The molecule has 27 heavy (non-hydrogen) atoms.